The average Bonchev–Trinajstić information content (AvgIpc) is 3.15. The van der Waals surface area contributed by atoms with E-state index < -0.39 is 0 Å². The summed E-state index contributed by atoms with van der Waals surface area (Å²) < 4.78 is 4.86. The summed E-state index contributed by atoms with van der Waals surface area (Å²) in [6.45, 7) is 8.32. The zero-order valence-corrected chi connectivity index (χ0v) is 30.3. The molecule has 4 nitrogen and oxygen atoms in total. The van der Waals surface area contributed by atoms with Gasteiger partial charge in [0.25, 0.3) is 0 Å². The molecule has 0 aliphatic heterocycles. The fourth-order valence-electron chi connectivity index (χ4n) is 7.34. The van der Waals surface area contributed by atoms with Crippen molar-refractivity contribution in [2.75, 3.05) is 23.7 Å². The van der Waals surface area contributed by atoms with E-state index >= 15 is 0 Å². The van der Waals surface area contributed by atoms with Gasteiger partial charge in [0.15, 0.2) is 24.5 Å². The normalized spacial score (nSPS) is 11.3. The van der Waals surface area contributed by atoms with E-state index in [0.717, 1.165) is 26.2 Å². The second-order valence-electron chi connectivity index (χ2n) is 14.0. The first-order valence-electron chi connectivity index (χ1n) is 19.1. The largest absolute Gasteiger partial charge is 0.384 e. The Morgan fingerprint density at radius 1 is 0.400 bits per heavy atom. The van der Waals surface area contributed by atoms with Crippen molar-refractivity contribution in [3.05, 3.63) is 144 Å². The Morgan fingerprint density at radius 3 is 1.14 bits per heavy atom. The van der Waals surface area contributed by atoms with Gasteiger partial charge >= 0.3 is 0 Å². The first-order chi connectivity index (χ1) is 24.7. The number of benzene rings is 4. The third kappa shape index (κ3) is 9.50. The number of unbranched alkanes of at least 4 members (excludes halogenated alkanes) is 9. The number of hydrogen-bond donors (Lipinski definition) is 2. The van der Waals surface area contributed by atoms with E-state index in [4.69, 9.17) is 0 Å². The molecular formula is C46H56N4+2. The summed E-state index contributed by atoms with van der Waals surface area (Å²) in [5, 5.41) is 10.1. The van der Waals surface area contributed by atoms with E-state index in [1.54, 1.807) is 0 Å². The Bertz CT molecular complexity index is 1790. The molecule has 0 saturated heterocycles. The third-order valence-corrected chi connectivity index (χ3v) is 10.1. The van der Waals surface area contributed by atoms with Gasteiger partial charge in [-0.25, -0.2) is 0 Å². The number of nitrogens with one attached hydrogen (secondary N) is 2. The van der Waals surface area contributed by atoms with E-state index in [2.05, 4.69) is 155 Å². The van der Waals surface area contributed by atoms with Crippen molar-refractivity contribution in [3.8, 4) is 0 Å². The van der Waals surface area contributed by atoms with Crippen LogP contribution in [0.25, 0.3) is 21.8 Å². The summed E-state index contributed by atoms with van der Waals surface area (Å²) in [6.07, 6.45) is 13.2. The van der Waals surface area contributed by atoms with Gasteiger partial charge in [0.05, 0.1) is 22.1 Å². The SMILES string of the molecule is Cc1cc(NCCCCCCCCCCCCNc2cc(C)[n+](Cc3ccccc3)c3ccccc23)c2ccccc2[n+]1Cc1ccccc1. The van der Waals surface area contributed by atoms with Crippen molar-refractivity contribution < 1.29 is 9.13 Å². The van der Waals surface area contributed by atoms with Crippen molar-refractivity contribution in [1.29, 1.82) is 0 Å². The molecule has 0 spiro atoms. The van der Waals surface area contributed by atoms with Crippen LogP contribution in [0.3, 0.4) is 0 Å². The fraction of sp³-hybridized carbons (Fsp3) is 0.348. The van der Waals surface area contributed by atoms with Crippen LogP contribution in [0.5, 0.6) is 0 Å². The number of pyridine rings is 2. The first-order valence-corrected chi connectivity index (χ1v) is 19.1. The summed E-state index contributed by atoms with van der Waals surface area (Å²) in [7, 11) is 0. The van der Waals surface area contributed by atoms with E-state index in [-0.39, 0.29) is 0 Å². The van der Waals surface area contributed by atoms with Gasteiger partial charge < -0.3 is 10.6 Å². The van der Waals surface area contributed by atoms with Crippen molar-refractivity contribution in [2.45, 2.75) is 91.1 Å². The first kappa shape index (κ1) is 35.1. The third-order valence-electron chi connectivity index (χ3n) is 10.1. The summed E-state index contributed by atoms with van der Waals surface area (Å²) >= 11 is 0. The molecule has 0 fully saturated rings. The quantitative estimate of drug-likeness (QED) is 0.0667. The number of para-hydroxylation sites is 2. The van der Waals surface area contributed by atoms with Crippen molar-refractivity contribution >= 4 is 33.2 Å². The highest BCUT2D eigenvalue weighted by atomic mass is 15.0. The molecule has 2 aromatic heterocycles. The van der Waals surface area contributed by atoms with Crippen LogP contribution < -0.4 is 19.8 Å². The second-order valence-corrected chi connectivity index (χ2v) is 14.0. The molecule has 0 radical (unpaired) electrons. The van der Waals surface area contributed by atoms with Crippen molar-refractivity contribution in [3.63, 3.8) is 0 Å². The Labute approximate surface area is 300 Å². The Balaban J connectivity index is 0.841. The molecule has 6 rings (SSSR count). The van der Waals surface area contributed by atoms with E-state index in [9.17, 15) is 0 Å². The molecule has 2 heterocycles. The van der Waals surface area contributed by atoms with Crippen LogP contribution >= 0.6 is 0 Å². The smallest absolute Gasteiger partial charge is 0.215 e. The molecule has 0 unspecified atom stereocenters. The summed E-state index contributed by atoms with van der Waals surface area (Å²) in [6, 6.07) is 43.8. The van der Waals surface area contributed by atoms with Crippen LogP contribution in [0.15, 0.2) is 121 Å². The molecule has 0 saturated carbocycles. The lowest BCUT2D eigenvalue weighted by atomic mass is 10.1. The van der Waals surface area contributed by atoms with Crippen molar-refractivity contribution in [2.24, 2.45) is 0 Å². The highest BCUT2D eigenvalue weighted by Gasteiger charge is 2.18. The van der Waals surface area contributed by atoms with Crippen molar-refractivity contribution in [1.82, 2.24) is 0 Å². The van der Waals surface area contributed by atoms with E-state index in [0.29, 0.717) is 0 Å². The number of hydrogen-bond acceptors (Lipinski definition) is 2. The Hall–Kier alpha value is -4.70. The second kappa shape index (κ2) is 18.3. The van der Waals surface area contributed by atoms with E-state index in [1.165, 1.54) is 120 Å². The molecule has 0 amide bonds. The molecule has 0 atom stereocenters. The predicted octanol–water partition coefficient (Wildman–Crippen LogP) is 10.7. The van der Waals surface area contributed by atoms with Crippen LogP contribution in [0.1, 0.15) is 86.7 Å². The molecule has 6 aromatic rings. The topological polar surface area (TPSA) is 31.8 Å². The molecule has 2 N–H and O–H groups in total. The number of fused-ring (bicyclic) bond motifs is 2. The van der Waals surface area contributed by atoms with Crippen LogP contribution in [0.2, 0.25) is 0 Å². The number of aryl methyl sites for hydroxylation is 2. The van der Waals surface area contributed by atoms with Crippen LogP contribution in [-0.4, -0.2) is 13.1 Å². The lowest BCUT2D eigenvalue weighted by molar-refractivity contribution is -0.668. The monoisotopic (exact) mass is 664 g/mol. The zero-order valence-electron chi connectivity index (χ0n) is 30.3. The Kier molecular flexibility index (Phi) is 12.9. The molecule has 50 heavy (non-hydrogen) atoms. The van der Waals surface area contributed by atoms with Gasteiger partial charge in [-0.1, -0.05) is 136 Å². The summed E-state index contributed by atoms with van der Waals surface area (Å²) in [5.74, 6) is 0. The van der Waals surface area contributed by atoms with E-state index in [1.807, 2.05) is 0 Å². The number of aromatic nitrogens is 2. The van der Waals surface area contributed by atoms with Gasteiger partial charge in [0.2, 0.25) is 11.0 Å². The predicted molar refractivity (Wildman–Crippen MR) is 212 cm³/mol. The minimum absolute atomic E-state index is 0.895. The van der Waals surface area contributed by atoms with Crippen LogP contribution in [0, 0.1) is 13.8 Å². The number of nitrogens with zero attached hydrogens (tertiary/aromatic N) is 2. The van der Waals surface area contributed by atoms with Gasteiger partial charge in [-0.3, -0.25) is 0 Å². The standard InChI is InChI=1S/C46H54N4/c1-37-33-43(41-27-17-19-29-45(41)49(37)35-39-23-13-11-14-24-39)47-31-21-9-7-5-3-4-6-8-10-22-32-48-44-34-38(2)50(36-40-25-15-12-16-26-40)46-30-20-18-28-42(44)46/h11-20,23-30,33-34H,3-10,21-22,31-32,35-36H2,1-2H3/p+2. The maximum absolute atomic E-state index is 3.77. The number of anilines is 2. The lowest BCUT2D eigenvalue weighted by Gasteiger charge is -2.12. The van der Waals surface area contributed by atoms with Gasteiger partial charge in [-0.05, 0) is 25.0 Å². The minimum atomic E-state index is 0.895. The zero-order chi connectivity index (χ0) is 34.4. The van der Waals surface area contributed by atoms with Crippen LogP contribution in [0.4, 0.5) is 11.4 Å². The maximum Gasteiger partial charge on any atom is 0.215 e. The fourth-order valence-corrected chi connectivity index (χ4v) is 7.34. The molecular weight excluding hydrogens is 609 g/mol. The molecule has 0 aliphatic carbocycles. The number of rotatable bonds is 19. The van der Waals surface area contributed by atoms with Gasteiger partial charge in [0.1, 0.15) is 0 Å². The molecule has 258 valence electrons. The molecule has 4 aromatic carbocycles. The average molecular weight is 665 g/mol. The van der Waals surface area contributed by atoms with Gasteiger partial charge in [-0.15, -0.1) is 0 Å². The highest BCUT2D eigenvalue weighted by Crippen LogP contribution is 2.24. The Morgan fingerprint density at radius 2 is 0.740 bits per heavy atom. The summed E-state index contributed by atoms with van der Waals surface area (Å²) in [5.41, 5.74) is 10.4. The summed E-state index contributed by atoms with van der Waals surface area (Å²) in [4.78, 5) is 0. The minimum Gasteiger partial charge on any atom is -0.384 e. The molecule has 4 heteroatoms. The highest BCUT2D eigenvalue weighted by molar-refractivity contribution is 5.90. The van der Waals surface area contributed by atoms with Gasteiger partial charge in [0, 0.05) is 62.3 Å². The molecule has 0 aliphatic rings. The molecule has 0 bridgehead atoms. The lowest BCUT2D eigenvalue weighted by Crippen LogP contribution is -2.38. The maximum atomic E-state index is 3.77. The van der Waals surface area contributed by atoms with Gasteiger partial charge in [-0.2, -0.15) is 9.13 Å². The van der Waals surface area contributed by atoms with Crippen LogP contribution in [-0.2, 0) is 13.1 Å².